The number of nitrogens with zero attached hydrogens (tertiary/aromatic N) is 2. The van der Waals surface area contributed by atoms with Gasteiger partial charge in [0.25, 0.3) is 0 Å². The Hall–Kier alpha value is -2.22. The van der Waals surface area contributed by atoms with E-state index in [9.17, 15) is 0 Å². The molecule has 0 saturated heterocycles. The van der Waals surface area contributed by atoms with Crippen LogP contribution in [0.1, 0.15) is 5.69 Å². The first-order valence-electron chi connectivity index (χ1n) is 5.62. The van der Waals surface area contributed by atoms with Gasteiger partial charge in [0.05, 0.1) is 11.2 Å². The molecule has 3 aromatic rings. The van der Waals surface area contributed by atoms with Gasteiger partial charge in [-0.1, -0.05) is 24.3 Å². The minimum absolute atomic E-state index is 0.984. The van der Waals surface area contributed by atoms with E-state index in [1.807, 2.05) is 37.4 Å². The quantitative estimate of drug-likeness (QED) is 0.626. The molecule has 17 heavy (non-hydrogen) atoms. The summed E-state index contributed by atoms with van der Waals surface area (Å²) in [5.41, 5.74) is 4.15. The zero-order valence-corrected chi connectivity index (χ0v) is 9.59. The van der Waals surface area contributed by atoms with Crippen molar-refractivity contribution in [3.63, 3.8) is 0 Å². The molecule has 0 radical (unpaired) electrons. The Labute approximate surface area is 100.0 Å². The fraction of sp³-hybridized carbons (Fsp3) is 0.0667. The second-order valence-corrected chi connectivity index (χ2v) is 4.08. The smallest absolute Gasteiger partial charge is 0.0711 e. The fourth-order valence-electron chi connectivity index (χ4n) is 1.91. The van der Waals surface area contributed by atoms with Crippen LogP contribution < -0.4 is 0 Å². The number of rotatable bonds is 1. The van der Waals surface area contributed by atoms with E-state index in [1.165, 1.54) is 0 Å². The van der Waals surface area contributed by atoms with E-state index in [-0.39, 0.29) is 0 Å². The van der Waals surface area contributed by atoms with Crippen molar-refractivity contribution in [1.29, 1.82) is 0 Å². The van der Waals surface area contributed by atoms with Gasteiger partial charge in [0.15, 0.2) is 0 Å². The van der Waals surface area contributed by atoms with Crippen molar-refractivity contribution in [2.24, 2.45) is 0 Å². The number of pyridine rings is 2. The molecular formula is C15H12N2. The minimum atomic E-state index is 0.984. The van der Waals surface area contributed by atoms with Gasteiger partial charge in [-0.15, -0.1) is 0 Å². The molecule has 3 rings (SSSR count). The Morgan fingerprint density at radius 2 is 1.82 bits per heavy atom. The molecule has 0 aliphatic carbocycles. The molecule has 0 aliphatic heterocycles. The first kappa shape index (κ1) is 9.97. The van der Waals surface area contributed by atoms with Crippen molar-refractivity contribution in [2.75, 3.05) is 0 Å². The molecule has 2 nitrogen and oxygen atoms in total. The summed E-state index contributed by atoms with van der Waals surface area (Å²) in [5, 5.41) is 1.16. The summed E-state index contributed by atoms with van der Waals surface area (Å²) < 4.78 is 0. The molecule has 2 aromatic heterocycles. The predicted molar refractivity (Wildman–Crippen MR) is 69.7 cm³/mol. The van der Waals surface area contributed by atoms with Crippen LogP contribution in [0.15, 0.2) is 54.7 Å². The highest BCUT2D eigenvalue weighted by atomic mass is 14.7. The van der Waals surface area contributed by atoms with Crippen molar-refractivity contribution < 1.29 is 0 Å². The van der Waals surface area contributed by atoms with Gasteiger partial charge in [-0.2, -0.15) is 0 Å². The molecule has 0 unspecified atom stereocenters. The van der Waals surface area contributed by atoms with Crippen LogP contribution in [0.3, 0.4) is 0 Å². The first-order valence-corrected chi connectivity index (χ1v) is 5.62. The summed E-state index contributed by atoms with van der Waals surface area (Å²) in [4.78, 5) is 8.88. The zero-order chi connectivity index (χ0) is 11.7. The van der Waals surface area contributed by atoms with Gasteiger partial charge < -0.3 is 0 Å². The SMILES string of the molecule is Cc1ccc2ccc(-c3ccccn3)cc2n1. The van der Waals surface area contributed by atoms with Gasteiger partial charge in [0, 0.05) is 22.8 Å². The third-order valence-electron chi connectivity index (χ3n) is 2.79. The summed E-state index contributed by atoms with van der Waals surface area (Å²) >= 11 is 0. The fourth-order valence-corrected chi connectivity index (χ4v) is 1.91. The van der Waals surface area contributed by atoms with E-state index in [4.69, 9.17) is 0 Å². The van der Waals surface area contributed by atoms with Gasteiger partial charge >= 0.3 is 0 Å². The number of aromatic nitrogens is 2. The van der Waals surface area contributed by atoms with Crippen LogP contribution in [0.5, 0.6) is 0 Å². The largest absolute Gasteiger partial charge is 0.256 e. The van der Waals surface area contributed by atoms with Crippen LogP contribution in [0.4, 0.5) is 0 Å². The number of fused-ring (bicyclic) bond motifs is 1. The highest BCUT2D eigenvalue weighted by Gasteiger charge is 2.01. The summed E-state index contributed by atoms with van der Waals surface area (Å²) in [5.74, 6) is 0. The van der Waals surface area contributed by atoms with Crippen molar-refractivity contribution in [1.82, 2.24) is 9.97 Å². The van der Waals surface area contributed by atoms with Crippen LogP contribution in [0, 0.1) is 6.92 Å². The highest BCUT2D eigenvalue weighted by molar-refractivity contribution is 5.83. The van der Waals surface area contributed by atoms with Gasteiger partial charge in [-0.25, -0.2) is 0 Å². The zero-order valence-electron chi connectivity index (χ0n) is 9.59. The second-order valence-electron chi connectivity index (χ2n) is 4.08. The molecule has 2 heterocycles. The molecule has 0 amide bonds. The Morgan fingerprint density at radius 3 is 2.65 bits per heavy atom. The topological polar surface area (TPSA) is 25.8 Å². The molecule has 0 bridgehead atoms. The van der Waals surface area contributed by atoms with E-state index < -0.39 is 0 Å². The summed E-state index contributed by atoms with van der Waals surface area (Å²) in [6.45, 7) is 2.01. The lowest BCUT2D eigenvalue weighted by molar-refractivity contribution is 1.25. The Balaban J connectivity index is 2.19. The van der Waals surface area contributed by atoms with E-state index in [1.54, 1.807) is 0 Å². The van der Waals surface area contributed by atoms with Crippen molar-refractivity contribution in [3.05, 3.63) is 60.4 Å². The lowest BCUT2D eigenvalue weighted by Crippen LogP contribution is -1.86. The van der Waals surface area contributed by atoms with Crippen molar-refractivity contribution in [2.45, 2.75) is 6.92 Å². The van der Waals surface area contributed by atoms with Gasteiger partial charge in [0.1, 0.15) is 0 Å². The normalized spacial score (nSPS) is 10.6. The molecular weight excluding hydrogens is 208 g/mol. The lowest BCUT2D eigenvalue weighted by Gasteiger charge is -2.03. The molecule has 82 valence electrons. The second kappa shape index (κ2) is 3.98. The Bertz CT molecular complexity index is 660. The molecule has 0 atom stereocenters. The number of aryl methyl sites for hydroxylation is 1. The standard InChI is InChI=1S/C15H12N2/c1-11-5-6-12-7-8-13(10-15(12)17-11)14-4-2-3-9-16-14/h2-10H,1H3. The molecule has 2 heteroatoms. The molecule has 0 aliphatic rings. The predicted octanol–water partition coefficient (Wildman–Crippen LogP) is 3.61. The maximum atomic E-state index is 4.53. The van der Waals surface area contributed by atoms with E-state index in [0.29, 0.717) is 0 Å². The van der Waals surface area contributed by atoms with E-state index >= 15 is 0 Å². The number of hydrogen-bond acceptors (Lipinski definition) is 2. The monoisotopic (exact) mass is 220 g/mol. The van der Waals surface area contributed by atoms with Gasteiger partial charge in [0.2, 0.25) is 0 Å². The van der Waals surface area contributed by atoms with Crippen LogP contribution in [0.2, 0.25) is 0 Å². The third-order valence-corrected chi connectivity index (χ3v) is 2.79. The van der Waals surface area contributed by atoms with Crippen LogP contribution in [-0.2, 0) is 0 Å². The highest BCUT2D eigenvalue weighted by Crippen LogP contribution is 2.21. The van der Waals surface area contributed by atoms with Crippen molar-refractivity contribution >= 4 is 10.9 Å². The van der Waals surface area contributed by atoms with Crippen LogP contribution in [-0.4, -0.2) is 9.97 Å². The molecule has 0 spiro atoms. The lowest BCUT2D eigenvalue weighted by atomic mass is 10.1. The van der Waals surface area contributed by atoms with Crippen molar-refractivity contribution in [3.8, 4) is 11.3 Å². The summed E-state index contributed by atoms with van der Waals surface area (Å²) in [6.07, 6.45) is 1.81. The van der Waals surface area contributed by atoms with E-state index in [2.05, 4.69) is 34.2 Å². The maximum Gasteiger partial charge on any atom is 0.0711 e. The molecule has 0 N–H and O–H groups in total. The van der Waals surface area contributed by atoms with E-state index in [0.717, 1.165) is 27.9 Å². The average Bonchev–Trinajstić information content (AvgIpc) is 2.39. The average molecular weight is 220 g/mol. The Morgan fingerprint density at radius 1 is 0.941 bits per heavy atom. The molecule has 0 saturated carbocycles. The van der Waals surface area contributed by atoms with Crippen LogP contribution in [0.25, 0.3) is 22.2 Å². The Kier molecular flexibility index (Phi) is 2.33. The number of hydrogen-bond donors (Lipinski definition) is 0. The van der Waals surface area contributed by atoms with Gasteiger partial charge in [-0.05, 0) is 31.2 Å². The molecule has 1 aromatic carbocycles. The third kappa shape index (κ3) is 1.89. The minimum Gasteiger partial charge on any atom is -0.256 e. The summed E-state index contributed by atoms with van der Waals surface area (Å²) in [6, 6.07) is 16.3. The maximum absolute atomic E-state index is 4.53. The van der Waals surface area contributed by atoms with Crippen LogP contribution >= 0.6 is 0 Å². The molecule has 0 fully saturated rings. The first-order chi connectivity index (χ1) is 8.33. The number of benzene rings is 1. The van der Waals surface area contributed by atoms with Gasteiger partial charge in [-0.3, -0.25) is 9.97 Å². The summed E-state index contributed by atoms with van der Waals surface area (Å²) in [7, 11) is 0.